The van der Waals surface area contributed by atoms with Gasteiger partial charge in [-0.3, -0.25) is 14.6 Å². The number of aromatic nitrogens is 1. The predicted molar refractivity (Wildman–Crippen MR) is 89.5 cm³/mol. The van der Waals surface area contributed by atoms with Gasteiger partial charge in [-0.1, -0.05) is 18.2 Å². The van der Waals surface area contributed by atoms with Gasteiger partial charge in [0.05, 0.1) is 13.2 Å². The molecule has 0 saturated carbocycles. The monoisotopic (exact) mass is 342 g/mol. The van der Waals surface area contributed by atoms with Crippen LogP contribution in [0.25, 0.3) is 0 Å². The minimum Gasteiger partial charge on any atom is -0.370 e. The van der Waals surface area contributed by atoms with E-state index in [-0.39, 0.29) is 30.3 Å². The minimum absolute atomic E-state index is 0.111. The molecule has 1 fully saturated rings. The number of hydrogen-bond acceptors (Lipinski definition) is 4. The molecule has 25 heavy (non-hydrogen) atoms. The third-order valence-electron chi connectivity index (χ3n) is 4.22. The second-order valence-electron chi connectivity index (χ2n) is 5.89. The van der Waals surface area contributed by atoms with Gasteiger partial charge in [-0.05, 0) is 18.2 Å². The molecule has 1 atom stereocenters. The molecule has 3 rings (SSSR count). The number of nitrogens with zero attached hydrogens (tertiary/aromatic N) is 2. The lowest BCUT2D eigenvalue weighted by atomic mass is 10.1. The van der Waals surface area contributed by atoms with Crippen LogP contribution in [-0.4, -0.2) is 41.3 Å². The topological polar surface area (TPSA) is 59.5 Å². The average molecular weight is 342 g/mol. The van der Waals surface area contributed by atoms with Crippen LogP contribution >= 0.6 is 0 Å². The fraction of sp³-hybridized carbons (Fsp3) is 0.316. The van der Waals surface area contributed by atoms with Crippen LogP contribution in [0.4, 0.5) is 4.39 Å². The Morgan fingerprint density at radius 3 is 2.80 bits per heavy atom. The molecule has 1 saturated heterocycles. The molecular formula is C19H19FN2O3. The number of rotatable bonds is 5. The molecule has 1 unspecified atom stereocenters. The number of carbonyl (C=O) groups is 2. The van der Waals surface area contributed by atoms with E-state index in [0.29, 0.717) is 30.8 Å². The molecule has 0 aliphatic carbocycles. The van der Waals surface area contributed by atoms with Crippen molar-refractivity contribution in [1.82, 2.24) is 9.88 Å². The first-order valence-electron chi connectivity index (χ1n) is 8.22. The van der Waals surface area contributed by atoms with Gasteiger partial charge in [-0.2, -0.15) is 0 Å². The lowest BCUT2D eigenvalue weighted by Crippen LogP contribution is -2.42. The zero-order chi connectivity index (χ0) is 17.6. The first-order valence-corrected chi connectivity index (χ1v) is 8.22. The van der Waals surface area contributed by atoms with Gasteiger partial charge in [0.25, 0.3) is 0 Å². The Kier molecular flexibility index (Phi) is 5.50. The summed E-state index contributed by atoms with van der Waals surface area (Å²) in [7, 11) is 0. The highest BCUT2D eigenvalue weighted by molar-refractivity contribution is 5.97. The number of benzene rings is 1. The van der Waals surface area contributed by atoms with E-state index in [4.69, 9.17) is 4.74 Å². The highest BCUT2D eigenvalue weighted by Crippen LogP contribution is 2.25. The van der Waals surface area contributed by atoms with Crippen LogP contribution < -0.4 is 0 Å². The number of morpholine rings is 1. The van der Waals surface area contributed by atoms with Crippen LogP contribution in [0.15, 0.2) is 48.8 Å². The molecule has 0 N–H and O–H groups in total. The number of amides is 1. The summed E-state index contributed by atoms with van der Waals surface area (Å²) < 4.78 is 19.5. The Labute approximate surface area is 145 Å². The van der Waals surface area contributed by atoms with Gasteiger partial charge >= 0.3 is 0 Å². The number of carbonyl (C=O) groups excluding carboxylic acids is 2. The van der Waals surface area contributed by atoms with Crippen LogP contribution in [-0.2, 0) is 9.53 Å². The molecule has 6 heteroatoms. The van der Waals surface area contributed by atoms with Gasteiger partial charge in [0, 0.05) is 42.9 Å². The Morgan fingerprint density at radius 2 is 2.04 bits per heavy atom. The highest BCUT2D eigenvalue weighted by Gasteiger charge is 2.27. The molecule has 0 radical (unpaired) electrons. The van der Waals surface area contributed by atoms with Crippen molar-refractivity contribution in [2.75, 3.05) is 19.7 Å². The normalized spacial score (nSPS) is 17.3. The molecule has 1 aromatic heterocycles. The number of pyridine rings is 1. The van der Waals surface area contributed by atoms with E-state index < -0.39 is 6.10 Å². The molecule has 5 nitrogen and oxygen atoms in total. The molecule has 1 aromatic carbocycles. The van der Waals surface area contributed by atoms with E-state index >= 15 is 0 Å². The van der Waals surface area contributed by atoms with Gasteiger partial charge in [0.1, 0.15) is 11.9 Å². The Morgan fingerprint density at radius 1 is 1.20 bits per heavy atom. The first-order chi connectivity index (χ1) is 12.1. The van der Waals surface area contributed by atoms with Gasteiger partial charge in [-0.15, -0.1) is 0 Å². The fourth-order valence-electron chi connectivity index (χ4n) is 2.85. The van der Waals surface area contributed by atoms with Crippen molar-refractivity contribution in [2.24, 2.45) is 0 Å². The molecule has 2 aromatic rings. The minimum atomic E-state index is -0.479. The zero-order valence-corrected chi connectivity index (χ0v) is 13.7. The van der Waals surface area contributed by atoms with E-state index in [9.17, 15) is 14.0 Å². The van der Waals surface area contributed by atoms with Crippen molar-refractivity contribution in [3.63, 3.8) is 0 Å². The van der Waals surface area contributed by atoms with Crippen molar-refractivity contribution in [3.8, 4) is 0 Å². The third kappa shape index (κ3) is 4.28. The summed E-state index contributed by atoms with van der Waals surface area (Å²) in [6.07, 6.45) is 2.87. The standard InChI is InChI=1S/C19H19FN2O3/c20-16-6-2-1-5-15(16)18-13-22(10-11-25-18)19(24)8-7-17(23)14-4-3-9-21-12-14/h1-6,9,12,18H,7-8,10-11,13H2. The van der Waals surface area contributed by atoms with Crippen LogP contribution in [0, 0.1) is 5.82 Å². The summed E-state index contributed by atoms with van der Waals surface area (Å²) in [5.41, 5.74) is 0.952. The van der Waals surface area contributed by atoms with E-state index in [0.717, 1.165) is 0 Å². The van der Waals surface area contributed by atoms with E-state index in [1.807, 2.05) is 0 Å². The molecule has 1 aliphatic heterocycles. The maximum Gasteiger partial charge on any atom is 0.223 e. The van der Waals surface area contributed by atoms with Gasteiger partial charge in [-0.25, -0.2) is 4.39 Å². The average Bonchev–Trinajstić information content (AvgIpc) is 2.67. The second kappa shape index (κ2) is 7.98. The van der Waals surface area contributed by atoms with Gasteiger partial charge in [0.15, 0.2) is 5.78 Å². The fourth-order valence-corrected chi connectivity index (χ4v) is 2.85. The molecular weight excluding hydrogens is 323 g/mol. The van der Waals surface area contributed by atoms with E-state index in [2.05, 4.69) is 4.98 Å². The molecule has 0 bridgehead atoms. The lowest BCUT2D eigenvalue weighted by molar-refractivity contribution is -0.139. The van der Waals surface area contributed by atoms with Crippen molar-refractivity contribution in [2.45, 2.75) is 18.9 Å². The van der Waals surface area contributed by atoms with Gasteiger partial charge < -0.3 is 9.64 Å². The smallest absolute Gasteiger partial charge is 0.223 e. The summed E-state index contributed by atoms with van der Waals surface area (Å²) in [6, 6.07) is 9.79. The molecule has 0 spiro atoms. The predicted octanol–water partition coefficient (Wildman–Crippen LogP) is 2.78. The van der Waals surface area contributed by atoms with Crippen LogP contribution in [0.1, 0.15) is 34.9 Å². The van der Waals surface area contributed by atoms with Crippen LogP contribution in [0.3, 0.4) is 0 Å². The molecule has 130 valence electrons. The number of Topliss-reactive ketones (excluding diaryl/α,β-unsaturated/α-hetero) is 1. The lowest BCUT2D eigenvalue weighted by Gasteiger charge is -2.33. The maximum atomic E-state index is 13.9. The summed E-state index contributed by atoms with van der Waals surface area (Å²) in [6.45, 7) is 1.09. The second-order valence-corrected chi connectivity index (χ2v) is 5.89. The van der Waals surface area contributed by atoms with E-state index in [1.54, 1.807) is 41.4 Å². The van der Waals surface area contributed by atoms with Crippen LogP contribution in [0.5, 0.6) is 0 Å². The molecule has 1 aliphatic rings. The quantitative estimate of drug-likeness (QED) is 0.784. The largest absolute Gasteiger partial charge is 0.370 e. The van der Waals surface area contributed by atoms with Crippen molar-refractivity contribution in [1.29, 1.82) is 0 Å². The molecule has 1 amide bonds. The zero-order valence-electron chi connectivity index (χ0n) is 13.7. The number of ether oxygens (including phenoxy) is 1. The maximum absolute atomic E-state index is 13.9. The molecule has 2 heterocycles. The number of hydrogen-bond donors (Lipinski definition) is 0. The van der Waals surface area contributed by atoms with Crippen LogP contribution in [0.2, 0.25) is 0 Å². The van der Waals surface area contributed by atoms with Gasteiger partial charge in [0.2, 0.25) is 5.91 Å². The number of ketones is 1. The van der Waals surface area contributed by atoms with E-state index in [1.165, 1.54) is 12.3 Å². The number of halogens is 1. The summed E-state index contributed by atoms with van der Waals surface area (Å²) in [5.74, 6) is -0.573. The third-order valence-corrected chi connectivity index (χ3v) is 4.22. The Bertz CT molecular complexity index is 751. The summed E-state index contributed by atoms with van der Waals surface area (Å²) >= 11 is 0. The van der Waals surface area contributed by atoms with Crippen molar-refractivity contribution < 1.29 is 18.7 Å². The van der Waals surface area contributed by atoms with Crippen molar-refractivity contribution >= 4 is 11.7 Å². The van der Waals surface area contributed by atoms with Crippen molar-refractivity contribution in [3.05, 3.63) is 65.7 Å². The summed E-state index contributed by atoms with van der Waals surface area (Å²) in [4.78, 5) is 30.0. The Hall–Kier alpha value is -2.60. The summed E-state index contributed by atoms with van der Waals surface area (Å²) in [5, 5.41) is 0. The SMILES string of the molecule is O=C(CCC(=O)N1CCOC(c2ccccc2F)C1)c1cccnc1. The Balaban J connectivity index is 1.57. The first kappa shape index (κ1) is 17.2. The highest BCUT2D eigenvalue weighted by atomic mass is 19.1.